The Bertz CT molecular complexity index is 989. The van der Waals surface area contributed by atoms with Gasteiger partial charge in [0.2, 0.25) is 5.91 Å². The van der Waals surface area contributed by atoms with E-state index in [1.165, 1.54) is 27.6 Å². The Hall–Kier alpha value is -2.63. The summed E-state index contributed by atoms with van der Waals surface area (Å²) in [6.45, 7) is 8.09. The van der Waals surface area contributed by atoms with Crippen molar-refractivity contribution in [3.05, 3.63) is 71.4 Å². The summed E-state index contributed by atoms with van der Waals surface area (Å²) in [7, 11) is 0. The highest BCUT2D eigenvalue weighted by atomic mass is 16.5. The number of nitrogens with one attached hydrogen (secondary N) is 1. The zero-order valence-corrected chi connectivity index (χ0v) is 17.8. The molecule has 0 spiro atoms. The van der Waals surface area contributed by atoms with Gasteiger partial charge in [0, 0.05) is 56.2 Å². The lowest BCUT2D eigenvalue weighted by Gasteiger charge is -2.26. The monoisotopic (exact) mass is 405 g/mol. The first-order valence-electron chi connectivity index (χ1n) is 10.9. The molecule has 1 N–H and O–H groups in total. The van der Waals surface area contributed by atoms with Crippen molar-refractivity contribution < 1.29 is 9.53 Å². The van der Waals surface area contributed by atoms with E-state index < -0.39 is 0 Å². The number of amides is 1. The topological polar surface area (TPSA) is 46.5 Å². The molecule has 0 bridgehead atoms. The summed E-state index contributed by atoms with van der Waals surface area (Å²) in [5, 5.41) is 4.32. The Morgan fingerprint density at radius 1 is 1.03 bits per heavy atom. The quantitative estimate of drug-likeness (QED) is 0.625. The molecule has 0 saturated carbocycles. The number of morpholine rings is 1. The fraction of sp³-hybridized carbons (Fsp3) is 0.400. The molecule has 3 aromatic rings. The summed E-state index contributed by atoms with van der Waals surface area (Å²) < 4.78 is 7.67. The first-order chi connectivity index (χ1) is 14.7. The van der Waals surface area contributed by atoms with Crippen molar-refractivity contribution in [2.24, 2.45) is 0 Å². The summed E-state index contributed by atoms with van der Waals surface area (Å²) in [4.78, 5) is 14.7. The van der Waals surface area contributed by atoms with E-state index in [0.717, 1.165) is 45.8 Å². The zero-order chi connectivity index (χ0) is 20.8. The first kappa shape index (κ1) is 20.6. The lowest BCUT2D eigenvalue weighted by Crippen LogP contribution is -2.41. The van der Waals surface area contributed by atoms with Crippen LogP contribution in [0.5, 0.6) is 0 Å². The molecule has 30 heavy (non-hydrogen) atoms. The van der Waals surface area contributed by atoms with Gasteiger partial charge < -0.3 is 14.6 Å². The van der Waals surface area contributed by atoms with Gasteiger partial charge in [-0.1, -0.05) is 42.5 Å². The van der Waals surface area contributed by atoms with Gasteiger partial charge in [-0.05, 0) is 36.1 Å². The molecule has 1 saturated heterocycles. The molecule has 5 heteroatoms. The highest BCUT2D eigenvalue weighted by Crippen LogP contribution is 2.24. The molecule has 4 rings (SSSR count). The molecule has 2 heterocycles. The highest BCUT2D eigenvalue weighted by molar-refractivity contribution is 5.85. The van der Waals surface area contributed by atoms with Gasteiger partial charge in [0.1, 0.15) is 0 Å². The molecule has 158 valence electrons. The van der Waals surface area contributed by atoms with E-state index in [2.05, 4.69) is 76.4 Å². The Kier molecular flexibility index (Phi) is 6.82. The van der Waals surface area contributed by atoms with Crippen LogP contribution in [0.1, 0.15) is 23.1 Å². The minimum absolute atomic E-state index is 0.124. The number of para-hydroxylation sites is 1. The second-order valence-electron chi connectivity index (χ2n) is 8.03. The van der Waals surface area contributed by atoms with Crippen molar-refractivity contribution >= 4 is 16.8 Å². The summed E-state index contributed by atoms with van der Waals surface area (Å²) in [6, 6.07) is 17.0. The minimum Gasteiger partial charge on any atom is -0.379 e. The van der Waals surface area contributed by atoms with Crippen molar-refractivity contribution in [1.29, 1.82) is 0 Å². The third kappa shape index (κ3) is 5.10. The molecule has 0 unspecified atom stereocenters. The standard InChI is InChI=1S/C25H31N3O2/c1-20-6-2-3-7-21(20)18-28-19-22(23-8-4-5-9-24(23)28)10-11-25(29)26-12-13-27-14-16-30-17-15-27/h2-9,19H,10-18H2,1H3,(H,26,29). The van der Waals surface area contributed by atoms with Crippen LogP contribution in [0.4, 0.5) is 0 Å². The molecule has 1 aliphatic rings. The number of aromatic nitrogens is 1. The van der Waals surface area contributed by atoms with Gasteiger partial charge in [0.25, 0.3) is 0 Å². The van der Waals surface area contributed by atoms with E-state index in [-0.39, 0.29) is 5.91 Å². The molecule has 0 atom stereocenters. The van der Waals surface area contributed by atoms with Crippen LogP contribution < -0.4 is 5.32 Å². The number of carbonyl (C=O) groups excluding carboxylic acids is 1. The van der Waals surface area contributed by atoms with E-state index in [1.807, 2.05) is 0 Å². The second kappa shape index (κ2) is 9.92. The van der Waals surface area contributed by atoms with Crippen molar-refractivity contribution in [1.82, 2.24) is 14.8 Å². The number of nitrogens with zero attached hydrogens (tertiary/aromatic N) is 2. The van der Waals surface area contributed by atoms with Crippen LogP contribution in [-0.2, 0) is 22.5 Å². The number of rotatable bonds is 8. The van der Waals surface area contributed by atoms with Crippen LogP contribution in [0.2, 0.25) is 0 Å². The van der Waals surface area contributed by atoms with Gasteiger partial charge in [0.15, 0.2) is 0 Å². The van der Waals surface area contributed by atoms with Crippen molar-refractivity contribution in [3.63, 3.8) is 0 Å². The van der Waals surface area contributed by atoms with Crippen LogP contribution in [0.3, 0.4) is 0 Å². The van der Waals surface area contributed by atoms with Crippen LogP contribution in [0.15, 0.2) is 54.7 Å². The van der Waals surface area contributed by atoms with Gasteiger partial charge in [-0.25, -0.2) is 0 Å². The number of benzene rings is 2. The SMILES string of the molecule is Cc1ccccc1Cn1cc(CCC(=O)NCCN2CCOCC2)c2ccccc21. The Balaban J connectivity index is 1.37. The van der Waals surface area contributed by atoms with Crippen molar-refractivity contribution in [2.75, 3.05) is 39.4 Å². The smallest absolute Gasteiger partial charge is 0.220 e. The van der Waals surface area contributed by atoms with E-state index in [9.17, 15) is 4.79 Å². The number of ether oxygens (including phenoxy) is 1. The third-order valence-electron chi connectivity index (χ3n) is 5.95. The molecule has 1 fully saturated rings. The molecule has 5 nitrogen and oxygen atoms in total. The Morgan fingerprint density at radius 2 is 1.80 bits per heavy atom. The molecule has 1 aliphatic heterocycles. The van der Waals surface area contributed by atoms with Crippen molar-refractivity contribution in [3.8, 4) is 0 Å². The average molecular weight is 406 g/mol. The van der Waals surface area contributed by atoms with Gasteiger partial charge in [0.05, 0.1) is 13.2 Å². The van der Waals surface area contributed by atoms with Gasteiger partial charge in [-0.3, -0.25) is 9.69 Å². The molecular formula is C25H31N3O2. The van der Waals surface area contributed by atoms with Gasteiger partial charge in [-0.2, -0.15) is 0 Å². The normalized spacial score (nSPS) is 14.8. The van der Waals surface area contributed by atoms with Gasteiger partial charge in [-0.15, -0.1) is 0 Å². The van der Waals surface area contributed by atoms with E-state index in [1.54, 1.807) is 0 Å². The van der Waals surface area contributed by atoms with Crippen molar-refractivity contribution in [2.45, 2.75) is 26.3 Å². The number of aryl methyl sites for hydroxylation is 2. The molecule has 0 aliphatic carbocycles. The lowest BCUT2D eigenvalue weighted by molar-refractivity contribution is -0.121. The predicted octanol–water partition coefficient (Wildman–Crippen LogP) is 3.38. The van der Waals surface area contributed by atoms with E-state index in [0.29, 0.717) is 13.0 Å². The van der Waals surface area contributed by atoms with Gasteiger partial charge >= 0.3 is 0 Å². The maximum atomic E-state index is 12.4. The van der Waals surface area contributed by atoms with Crippen LogP contribution in [0.25, 0.3) is 10.9 Å². The van der Waals surface area contributed by atoms with Crippen LogP contribution in [0, 0.1) is 6.92 Å². The maximum Gasteiger partial charge on any atom is 0.220 e. The number of hydrogen-bond donors (Lipinski definition) is 1. The third-order valence-corrected chi connectivity index (χ3v) is 5.95. The molecule has 1 aromatic heterocycles. The Morgan fingerprint density at radius 3 is 2.63 bits per heavy atom. The Labute approximate surface area is 178 Å². The number of carbonyl (C=O) groups is 1. The number of fused-ring (bicyclic) bond motifs is 1. The highest BCUT2D eigenvalue weighted by Gasteiger charge is 2.12. The molecular weight excluding hydrogens is 374 g/mol. The predicted molar refractivity (Wildman–Crippen MR) is 121 cm³/mol. The molecule has 1 amide bonds. The van der Waals surface area contributed by atoms with E-state index in [4.69, 9.17) is 4.74 Å². The second-order valence-corrected chi connectivity index (χ2v) is 8.03. The van der Waals surface area contributed by atoms with Crippen LogP contribution >= 0.6 is 0 Å². The fourth-order valence-corrected chi connectivity index (χ4v) is 4.14. The minimum atomic E-state index is 0.124. The summed E-state index contributed by atoms with van der Waals surface area (Å²) in [6.07, 6.45) is 3.49. The summed E-state index contributed by atoms with van der Waals surface area (Å²) in [5.41, 5.74) is 5.09. The molecule has 2 aromatic carbocycles. The summed E-state index contributed by atoms with van der Waals surface area (Å²) >= 11 is 0. The average Bonchev–Trinajstić information content (AvgIpc) is 3.12. The maximum absolute atomic E-state index is 12.4. The zero-order valence-electron chi connectivity index (χ0n) is 17.8. The van der Waals surface area contributed by atoms with E-state index >= 15 is 0 Å². The molecule has 0 radical (unpaired) electrons. The lowest BCUT2D eigenvalue weighted by atomic mass is 10.1. The largest absolute Gasteiger partial charge is 0.379 e. The number of hydrogen-bond acceptors (Lipinski definition) is 3. The first-order valence-corrected chi connectivity index (χ1v) is 10.9. The summed E-state index contributed by atoms with van der Waals surface area (Å²) in [5.74, 6) is 0.124. The fourth-order valence-electron chi connectivity index (χ4n) is 4.14. The van der Waals surface area contributed by atoms with Crippen LogP contribution in [-0.4, -0.2) is 54.8 Å².